The molecule has 4 rings (SSSR count). The van der Waals surface area contributed by atoms with Crippen molar-refractivity contribution in [3.8, 4) is 0 Å². The van der Waals surface area contributed by atoms with Gasteiger partial charge < -0.3 is 15.6 Å². The van der Waals surface area contributed by atoms with Crippen molar-refractivity contribution in [2.75, 3.05) is 13.1 Å². The van der Waals surface area contributed by atoms with E-state index in [1.165, 1.54) is 0 Å². The summed E-state index contributed by atoms with van der Waals surface area (Å²) in [4.78, 5) is 26.8. The summed E-state index contributed by atoms with van der Waals surface area (Å²) in [6, 6.07) is 5.31. The van der Waals surface area contributed by atoms with Crippen molar-refractivity contribution in [3.63, 3.8) is 0 Å². The highest BCUT2D eigenvalue weighted by Crippen LogP contribution is 2.32. The van der Waals surface area contributed by atoms with Gasteiger partial charge in [-0.25, -0.2) is 4.98 Å². The zero-order valence-corrected chi connectivity index (χ0v) is 13.5. The number of nitrogens with one attached hydrogen (secondary N) is 1. The average Bonchev–Trinajstić information content (AvgIpc) is 3.30. The van der Waals surface area contributed by atoms with Gasteiger partial charge in [-0.1, -0.05) is 11.3 Å². The molecule has 9 nitrogen and oxygen atoms in total. The van der Waals surface area contributed by atoms with Crippen molar-refractivity contribution < 1.29 is 4.79 Å². The monoisotopic (exact) mass is 338 g/mol. The van der Waals surface area contributed by atoms with E-state index in [2.05, 4.69) is 25.3 Å². The summed E-state index contributed by atoms with van der Waals surface area (Å²) < 4.78 is 1.58. The third-order valence-corrected chi connectivity index (χ3v) is 4.27. The minimum atomic E-state index is -0.344. The fourth-order valence-corrected chi connectivity index (χ4v) is 3.12. The molecule has 0 bridgehead atoms. The Balaban J connectivity index is 1.70. The number of carbonyl (C=O) groups excluding carboxylic acids is 1. The van der Waals surface area contributed by atoms with Gasteiger partial charge in [0.25, 0.3) is 5.91 Å². The van der Waals surface area contributed by atoms with E-state index < -0.39 is 0 Å². The largest absolute Gasteiger partial charge is 0.348 e. The van der Waals surface area contributed by atoms with Crippen LogP contribution in [0.15, 0.2) is 36.9 Å². The number of carbonyl (C=O) groups is 1. The number of aromatic amines is 1. The first-order valence-electron chi connectivity index (χ1n) is 8.12. The van der Waals surface area contributed by atoms with Crippen LogP contribution in [0.3, 0.4) is 0 Å². The summed E-state index contributed by atoms with van der Waals surface area (Å²) in [6.07, 6.45) is 5.72. The van der Waals surface area contributed by atoms with E-state index in [0.717, 1.165) is 17.1 Å². The first kappa shape index (κ1) is 15.5. The number of aromatic nitrogens is 6. The molecule has 0 spiro atoms. The van der Waals surface area contributed by atoms with Gasteiger partial charge in [-0.2, -0.15) is 0 Å². The third-order valence-electron chi connectivity index (χ3n) is 4.27. The first-order valence-corrected chi connectivity index (χ1v) is 8.12. The SMILES string of the molecule is NCCn1cc(C(=O)N2CCc3[nH]cnc3[C@H]2c2ccccn2)nn1. The number of nitrogens with two attached hydrogens (primary N) is 1. The van der Waals surface area contributed by atoms with E-state index in [9.17, 15) is 4.79 Å². The zero-order valence-electron chi connectivity index (χ0n) is 13.5. The molecule has 0 saturated carbocycles. The third kappa shape index (κ3) is 2.78. The minimum absolute atomic E-state index is 0.187. The quantitative estimate of drug-likeness (QED) is 0.698. The molecule has 3 aromatic rings. The van der Waals surface area contributed by atoms with E-state index in [4.69, 9.17) is 5.73 Å². The van der Waals surface area contributed by atoms with Crippen LogP contribution in [0.2, 0.25) is 0 Å². The molecule has 3 N–H and O–H groups in total. The number of H-pyrrole nitrogens is 1. The summed E-state index contributed by atoms with van der Waals surface area (Å²) in [5.41, 5.74) is 8.46. The second-order valence-electron chi connectivity index (χ2n) is 5.83. The number of rotatable bonds is 4. The normalized spacial score (nSPS) is 16.7. The summed E-state index contributed by atoms with van der Waals surface area (Å²) in [5.74, 6) is -0.187. The predicted molar refractivity (Wildman–Crippen MR) is 88.5 cm³/mol. The Morgan fingerprint density at radius 2 is 2.28 bits per heavy atom. The average molecular weight is 338 g/mol. The lowest BCUT2D eigenvalue weighted by Gasteiger charge is -2.34. The second kappa shape index (κ2) is 6.44. The van der Waals surface area contributed by atoms with E-state index in [-0.39, 0.29) is 11.9 Å². The Bertz CT molecular complexity index is 871. The fraction of sp³-hybridized carbons (Fsp3) is 0.312. The lowest BCUT2D eigenvalue weighted by atomic mass is 9.99. The van der Waals surface area contributed by atoms with Crippen LogP contribution in [-0.4, -0.2) is 53.8 Å². The van der Waals surface area contributed by atoms with Gasteiger partial charge in [0, 0.05) is 31.4 Å². The van der Waals surface area contributed by atoms with Gasteiger partial charge in [0.05, 0.1) is 30.5 Å². The summed E-state index contributed by atoms with van der Waals surface area (Å²) in [5, 5.41) is 7.95. The van der Waals surface area contributed by atoms with E-state index in [0.29, 0.717) is 31.7 Å². The topological polar surface area (TPSA) is 119 Å². The smallest absolute Gasteiger partial charge is 0.276 e. The van der Waals surface area contributed by atoms with Crippen molar-refractivity contribution in [3.05, 3.63) is 59.7 Å². The highest BCUT2D eigenvalue weighted by Gasteiger charge is 2.36. The molecular formula is C16H18N8O. The molecule has 1 aliphatic rings. The Morgan fingerprint density at radius 1 is 1.36 bits per heavy atom. The molecule has 25 heavy (non-hydrogen) atoms. The lowest BCUT2D eigenvalue weighted by molar-refractivity contribution is 0.0681. The highest BCUT2D eigenvalue weighted by molar-refractivity contribution is 5.92. The standard InChI is InChI=1S/C16H18N8O/c17-5-8-23-9-13(21-22-23)16(25)24-7-4-11-14(20-10-19-11)15(24)12-3-1-2-6-18-12/h1-3,6,9-10,15H,4-5,7-8,17H2,(H,19,20)/t15-/m1/s1. The summed E-state index contributed by atoms with van der Waals surface area (Å²) in [7, 11) is 0. The Morgan fingerprint density at radius 3 is 3.08 bits per heavy atom. The van der Waals surface area contributed by atoms with Crippen molar-refractivity contribution in [1.82, 2.24) is 34.8 Å². The Labute approximate surface area is 143 Å². The second-order valence-corrected chi connectivity index (χ2v) is 5.83. The number of hydrogen-bond donors (Lipinski definition) is 2. The van der Waals surface area contributed by atoms with Crippen LogP contribution in [-0.2, 0) is 13.0 Å². The molecule has 0 unspecified atom stereocenters. The number of pyridine rings is 1. The Hall–Kier alpha value is -3.07. The molecule has 4 heterocycles. The zero-order chi connectivity index (χ0) is 17.2. The van der Waals surface area contributed by atoms with Crippen molar-refractivity contribution in [2.45, 2.75) is 19.0 Å². The maximum absolute atomic E-state index is 13.0. The van der Waals surface area contributed by atoms with Gasteiger partial charge in [0.2, 0.25) is 0 Å². The number of amides is 1. The van der Waals surface area contributed by atoms with Crippen LogP contribution in [0, 0.1) is 0 Å². The van der Waals surface area contributed by atoms with Gasteiger partial charge >= 0.3 is 0 Å². The predicted octanol–water partition coefficient (Wildman–Crippen LogP) is 0.143. The van der Waals surface area contributed by atoms with E-state index in [1.54, 1.807) is 28.3 Å². The van der Waals surface area contributed by atoms with Crippen LogP contribution in [0.5, 0.6) is 0 Å². The van der Waals surface area contributed by atoms with Crippen molar-refractivity contribution in [1.29, 1.82) is 0 Å². The first-order chi connectivity index (χ1) is 12.3. The maximum Gasteiger partial charge on any atom is 0.276 e. The summed E-state index contributed by atoms with van der Waals surface area (Å²) >= 11 is 0. The molecule has 0 radical (unpaired) electrons. The van der Waals surface area contributed by atoms with Gasteiger partial charge in [0.15, 0.2) is 5.69 Å². The van der Waals surface area contributed by atoms with Gasteiger partial charge in [0.1, 0.15) is 6.04 Å². The molecule has 0 fully saturated rings. The van der Waals surface area contributed by atoms with Crippen LogP contribution in [0.1, 0.15) is 33.6 Å². The van der Waals surface area contributed by atoms with E-state index >= 15 is 0 Å². The van der Waals surface area contributed by atoms with Crippen LogP contribution < -0.4 is 5.73 Å². The van der Waals surface area contributed by atoms with Crippen LogP contribution in [0.4, 0.5) is 0 Å². The number of hydrogen-bond acceptors (Lipinski definition) is 6. The van der Waals surface area contributed by atoms with Gasteiger partial charge in [-0.3, -0.25) is 14.5 Å². The fourth-order valence-electron chi connectivity index (χ4n) is 3.12. The van der Waals surface area contributed by atoms with Gasteiger partial charge in [-0.05, 0) is 12.1 Å². The summed E-state index contributed by atoms with van der Waals surface area (Å²) in [6.45, 7) is 1.51. The van der Waals surface area contributed by atoms with Gasteiger partial charge in [-0.15, -0.1) is 5.10 Å². The van der Waals surface area contributed by atoms with Crippen LogP contribution >= 0.6 is 0 Å². The lowest BCUT2D eigenvalue weighted by Crippen LogP contribution is -2.41. The molecule has 9 heteroatoms. The molecule has 0 aromatic carbocycles. The maximum atomic E-state index is 13.0. The Kier molecular flexibility index (Phi) is 3.98. The molecular weight excluding hydrogens is 320 g/mol. The van der Waals surface area contributed by atoms with Crippen LogP contribution in [0.25, 0.3) is 0 Å². The highest BCUT2D eigenvalue weighted by atomic mass is 16.2. The molecule has 0 saturated heterocycles. The molecule has 0 aliphatic carbocycles. The molecule has 128 valence electrons. The van der Waals surface area contributed by atoms with Crippen molar-refractivity contribution in [2.24, 2.45) is 5.73 Å². The number of fused-ring (bicyclic) bond motifs is 1. The number of nitrogens with zero attached hydrogens (tertiary/aromatic N) is 6. The van der Waals surface area contributed by atoms with E-state index in [1.807, 2.05) is 18.2 Å². The number of imidazole rings is 1. The molecule has 1 atom stereocenters. The molecule has 1 aliphatic heterocycles. The molecule has 3 aromatic heterocycles. The van der Waals surface area contributed by atoms with Crippen molar-refractivity contribution >= 4 is 5.91 Å². The molecule has 1 amide bonds. The minimum Gasteiger partial charge on any atom is -0.348 e.